The standard InChI is InChI=1S/C21H17N3O2S/c1-14-7-2-5-11-18(14)24-20(26)15-8-3-4-9-16(15)23-21(24)27-13-19(25)17-10-6-12-22-17/h2-12,22H,13H2,1H3. The number of H-pyrrole nitrogens is 1. The lowest BCUT2D eigenvalue weighted by Crippen LogP contribution is -2.23. The topological polar surface area (TPSA) is 67.8 Å². The van der Waals surface area contributed by atoms with Crippen LogP contribution < -0.4 is 5.56 Å². The third kappa shape index (κ3) is 3.31. The van der Waals surface area contributed by atoms with Gasteiger partial charge in [0.05, 0.1) is 28.0 Å². The molecule has 2 heterocycles. The second-order valence-electron chi connectivity index (χ2n) is 6.13. The Hall–Kier alpha value is -3.12. The zero-order valence-corrected chi connectivity index (χ0v) is 15.5. The molecule has 0 unspecified atom stereocenters. The van der Waals surface area contributed by atoms with Crippen LogP contribution in [0, 0.1) is 6.92 Å². The van der Waals surface area contributed by atoms with Crippen molar-refractivity contribution in [3.63, 3.8) is 0 Å². The van der Waals surface area contributed by atoms with E-state index >= 15 is 0 Å². The average Bonchev–Trinajstić information content (AvgIpc) is 3.22. The van der Waals surface area contributed by atoms with Crippen molar-refractivity contribution in [1.82, 2.24) is 14.5 Å². The summed E-state index contributed by atoms with van der Waals surface area (Å²) < 4.78 is 1.60. The molecule has 4 rings (SSSR count). The van der Waals surface area contributed by atoms with Gasteiger partial charge < -0.3 is 4.98 Å². The van der Waals surface area contributed by atoms with Crippen LogP contribution in [-0.4, -0.2) is 26.1 Å². The first-order chi connectivity index (χ1) is 13.1. The van der Waals surface area contributed by atoms with Gasteiger partial charge in [-0.25, -0.2) is 4.98 Å². The van der Waals surface area contributed by atoms with Gasteiger partial charge in [-0.15, -0.1) is 0 Å². The molecule has 2 aromatic carbocycles. The Morgan fingerprint density at radius 3 is 2.63 bits per heavy atom. The molecule has 0 bridgehead atoms. The second-order valence-corrected chi connectivity index (χ2v) is 7.08. The fourth-order valence-corrected chi connectivity index (χ4v) is 3.84. The van der Waals surface area contributed by atoms with Gasteiger partial charge in [0.25, 0.3) is 5.56 Å². The fourth-order valence-electron chi connectivity index (χ4n) is 2.95. The molecular weight excluding hydrogens is 358 g/mol. The van der Waals surface area contributed by atoms with Crippen molar-refractivity contribution in [2.24, 2.45) is 0 Å². The fraction of sp³-hybridized carbons (Fsp3) is 0.0952. The molecule has 0 atom stereocenters. The van der Waals surface area contributed by atoms with Gasteiger partial charge >= 0.3 is 0 Å². The van der Waals surface area contributed by atoms with Crippen LogP contribution >= 0.6 is 11.8 Å². The molecular formula is C21H17N3O2S. The largest absolute Gasteiger partial charge is 0.359 e. The molecule has 0 aliphatic carbocycles. The number of carbonyl (C=O) groups excluding carboxylic acids is 1. The number of aryl methyl sites for hydroxylation is 1. The summed E-state index contributed by atoms with van der Waals surface area (Å²) in [5.74, 6) is 0.153. The Labute approximate surface area is 160 Å². The van der Waals surface area contributed by atoms with Crippen LogP contribution in [0.2, 0.25) is 0 Å². The van der Waals surface area contributed by atoms with Crippen molar-refractivity contribution >= 4 is 28.4 Å². The van der Waals surface area contributed by atoms with Crippen molar-refractivity contribution in [3.05, 3.63) is 88.5 Å². The molecule has 2 aromatic heterocycles. The van der Waals surface area contributed by atoms with Gasteiger partial charge in [-0.1, -0.05) is 42.1 Å². The highest BCUT2D eigenvalue weighted by Crippen LogP contribution is 2.23. The van der Waals surface area contributed by atoms with Crippen molar-refractivity contribution < 1.29 is 4.79 Å². The Morgan fingerprint density at radius 1 is 1.07 bits per heavy atom. The maximum absolute atomic E-state index is 13.2. The number of rotatable bonds is 5. The van der Waals surface area contributed by atoms with Crippen LogP contribution in [0.15, 0.2) is 76.8 Å². The molecule has 0 saturated heterocycles. The number of ketones is 1. The van der Waals surface area contributed by atoms with E-state index in [4.69, 9.17) is 0 Å². The molecule has 4 aromatic rings. The van der Waals surface area contributed by atoms with Gasteiger partial charge in [0.2, 0.25) is 0 Å². The predicted octanol–water partition coefficient (Wildman–Crippen LogP) is 4.00. The lowest BCUT2D eigenvalue weighted by Gasteiger charge is -2.14. The number of benzene rings is 2. The highest BCUT2D eigenvalue weighted by Gasteiger charge is 2.16. The summed E-state index contributed by atoms with van der Waals surface area (Å²) in [6.45, 7) is 1.95. The van der Waals surface area contributed by atoms with Gasteiger partial charge in [-0.3, -0.25) is 14.2 Å². The van der Waals surface area contributed by atoms with E-state index in [0.29, 0.717) is 21.8 Å². The van der Waals surface area contributed by atoms with E-state index in [9.17, 15) is 9.59 Å². The van der Waals surface area contributed by atoms with Crippen LogP contribution in [0.25, 0.3) is 16.6 Å². The Morgan fingerprint density at radius 2 is 1.85 bits per heavy atom. The van der Waals surface area contributed by atoms with E-state index < -0.39 is 0 Å². The van der Waals surface area contributed by atoms with Crippen molar-refractivity contribution in [1.29, 1.82) is 0 Å². The molecule has 134 valence electrons. The van der Waals surface area contributed by atoms with Crippen LogP contribution in [0.5, 0.6) is 0 Å². The zero-order chi connectivity index (χ0) is 18.8. The third-order valence-electron chi connectivity index (χ3n) is 4.33. The molecule has 0 fully saturated rings. The highest BCUT2D eigenvalue weighted by atomic mass is 32.2. The van der Waals surface area contributed by atoms with Gasteiger partial charge in [0, 0.05) is 6.20 Å². The lowest BCUT2D eigenvalue weighted by molar-refractivity contribution is 0.101. The first-order valence-electron chi connectivity index (χ1n) is 8.52. The van der Waals surface area contributed by atoms with Crippen LogP contribution in [0.3, 0.4) is 0 Å². The molecule has 0 aliphatic rings. The summed E-state index contributed by atoms with van der Waals surface area (Å²) in [5.41, 5.74) is 2.78. The van der Waals surface area contributed by atoms with Gasteiger partial charge in [0.1, 0.15) is 0 Å². The highest BCUT2D eigenvalue weighted by molar-refractivity contribution is 7.99. The number of fused-ring (bicyclic) bond motifs is 1. The minimum absolute atomic E-state index is 0.0382. The second kappa shape index (κ2) is 7.25. The number of hydrogen-bond donors (Lipinski definition) is 1. The number of carbonyl (C=O) groups is 1. The molecule has 6 heteroatoms. The summed E-state index contributed by atoms with van der Waals surface area (Å²) in [6.07, 6.45) is 1.72. The predicted molar refractivity (Wildman–Crippen MR) is 108 cm³/mol. The van der Waals surface area contributed by atoms with Crippen LogP contribution in [-0.2, 0) is 0 Å². The maximum Gasteiger partial charge on any atom is 0.266 e. The van der Waals surface area contributed by atoms with Crippen LogP contribution in [0.4, 0.5) is 0 Å². The summed E-state index contributed by atoms with van der Waals surface area (Å²) in [5, 5.41) is 1.06. The maximum atomic E-state index is 13.2. The van der Waals surface area contributed by atoms with Gasteiger partial charge in [-0.05, 0) is 42.8 Å². The lowest BCUT2D eigenvalue weighted by atomic mass is 10.2. The Kier molecular flexibility index (Phi) is 4.64. The summed E-state index contributed by atoms with van der Waals surface area (Å²) >= 11 is 1.27. The van der Waals surface area contributed by atoms with Crippen molar-refractivity contribution in [2.45, 2.75) is 12.1 Å². The summed E-state index contributed by atoms with van der Waals surface area (Å²) in [4.78, 5) is 33.2. The summed E-state index contributed by atoms with van der Waals surface area (Å²) in [7, 11) is 0. The van der Waals surface area contributed by atoms with Gasteiger partial charge in [0.15, 0.2) is 10.9 Å². The number of nitrogens with zero attached hydrogens (tertiary/aromatic N) is 2. The van der Waals surface area contributed by atoms with Crippen LogP contribution in [0.1, 0.15) is 16.1 Å². The number of aromatic amines is 1. The molecule has 0 saturated carbocycles. The van der Waals surface area contributed by atoms with Crippen molar-refractivity contribution in [2.75, 3.05) is 5.75 Å². The number of nitrogens with one attached hydrogen (secondary N) is 1. The van der Waals surface area contributed by atoms with E-state index in [2.05, 4.69) is 9.97 Å². The number of Topliss-reactive ketones (excluding diaryl/α,β-unsaturated/α-hetero) is 1. The first-order valence-corrected chi connectivity index (χ1v) is 9.51. The summed E-state index contributed by atoms with van der Waals surface area (Å²) in [6, 6.07) is 18.5. The van der Waals surface area contributed by atoms with E-state index in [1.807, 2.05) is 49.4 Å². The number of aromatic nitrogens is 3. The van der Waals surface area contributed by atoms with Crippen molar-refractivity contribution in [3.8, 4) is 5.69 Å². The number of hydrogen-bond acceptors (Lipinski definition) is 4. The van der Waals surface area contributed by atoms with E-state index in [-0.39, 0.29) is 17.1 Å². The molecule has 27 heavy (non-hydrogen) atoms. The minimum Gasteiger partial charge on any atom is -0.359 e. The molecule has 0 radical (unpaired) electrons. The Bertz CT molecular complexity index is 1180. The molecule has 1 N–H and O–H groups in total. The van der Waals surface area contributed by atoms with E-state index in [1.165, 1.54) is 11.8 Å². The molecule has 0 amide bonds. The molecule has 0 spiro atoms. The smallest absolute Gasteiger partial charge is 0.266 e. The zero-order valence-electron chi connectivity index (χ0n) is 14.7. The number of para-hydroxylation sites is 2. The third-order valence-corrected chi connectivity index (χ3v) is 5.27. The Balaban J connectivity index is 1.83. The number of thioether (sulfide) groups is 1. The minimum atomic E-state index is -0.135. The quantitative estimate of drug-likeness (QED) is 0.325. The van der Waals surface area contributed by atoms with Gasteiger partial charge in [-0.2, -0.15) is 0 Å². The SMILES string of the molecule is Cc1ccccc1-n1c(SCC(=O)c2ccc[nH]2)nc2ccccc2c1=O. The average molecular weight is 375 g/mol. The molecule has 5 nitrogen and oxygen atoms in total. The monoisotopic (exact) mass is 375 g/mol. The van der Waals surface area contributed by atoms with E-state index in [0.717, 1.165) is 11.3 Å². The first kappa shape index (κ1) is 17.3. The van der Waals surface area contributed by atoms with E-state index in [1.54, 1.807) is 29.0 Å². The normalized spacial score (nSPS) is 11.0. The molecule has 0 aliphatic heterocycles.